The molecule has 0 fully saturated rings. The van der Waals surface area contributed by atoms with Crippen LogP contribution in [0.1, 0.15) is 11.8 Å². The molecule has 0 radical (unpaired) electrons. The summed E-state index contributed by atoms with van der Waals surface area (Å²) in [5, 5.41) is 3.22. The first-order valence-electron chi connectivity index (χ1n) is 5.22. The van der Waals surface area contributed by atoms with E-state index in [1.165, 1.54) is 17.6 Å². The van der Waals surface area contributed by atoms with Gasteiger partial charge in [-0.1, -0.05) is 19.1 Å². The number of nitrogens with zero attached hydrogens (tertiary/aromatic N) is 1. The monoisotopic (exact) mass is 236 g/mol. The van der Waals surface area contributed by atoms with Crippen molar-refractivity contribution >= 4 is 11.5 Å². The van der Waals surface area contributed by atoms with E-state index in [0.29, 0.717) is 5.56 Å². The van der Waals surface area contributed by atoms with Crippen LogP contribution >= 0.6 is 11.5 Å². The Morgan fingerprint density at radius 1 is 1.38 bits per heavy atom. The fourth-order valence-corrected chi connectivity index (χ4v) is 2.14. The standard InChI is InChI=1S/C12H13FN2S/c1-2-14-8-9-7-12(15-16-9)10-5-3-4-6-11(10)13/h3-7,14H,2,8H2,1H3. The number of aromatic nitrogens is 1. The van der Waals surface area contributed by atoms with Gasteiger partial charge < -0.3 is 5.32 Å². The second-order valence-electron chi connectivity index (χ2n) is 3.44. The minimum absolute atomic E-state index is 0.220. The van der Waals surface area contributed by atoms with E-state index >= 15 is 0 Å². The predicted molar refractivity (Wildman–Crippen MR) is 64.9 cm³/mol. The molecule has 1 N–H and O–H groups in total. The Morgan fingerprint density at radius 2 is 2.19 bits per heavy atom. The summed E-state index contributed by atoms with van der Waals surface area (Å²) in [6.45, 7) is 3.77. The van der Waals surface area contributed by atoms with Crippen molar-refractivity contribution in [1.82, 2.24) is 9.69 Å². The molecule has 1 aromatic carbocycles. The van der Waals surface area contributed by atoms with Crippen LogP contribution in [-0.4, -0.2) is 10.9 Å². The molecule has 2 aromatic rings. The molecule has 1 heterocycles. The third kappa shape index (κ3) is 2.46. The average Bonchev–Trinajstić information content (AvgIpc) is 2.75. The largest absolute Gasteiger partial charge is 0.312 e. The van der Waals surface area contributed by atoms with Crippen molar-refractivity contribution in [2.24, 2.45) is 0 Å². The lowest BCUT2D eigenvalue weighted by atomic mass is 10.1. The quantitative estimate of drug-likeness (QED) is 0.882. The third-order valence-electron chi connectivity index (χ3n) is 2.26. The van der Waals surface area contributed by atoms with E-state index in [0.717, 1.165) is 23.7 Å². The summed E-state index contributed by atoms with van der Waals surface area (Å²) in [4.78, 5) is 1.13. The third-order valence-corrected chi connectivity index (χ3v) is 3.04. The Balaban J connectivity index is 2.22. The zero-order valence-corrected chi connectivity index (χ0v) is 9.85. The highest BCUT2D eigenvalue weighted by Crippen LogP contribution is 2.24. The first kappa shape index (κ1) is 11.2. The van der Waals surface area contributed by atoms with E-state index in [2.05, 4.69) is 16.6 Å². The lowest BCUT2D eigenvalue weighted by Gasteiger charge is -1.97. The van der Waals surface area contributed by atoms with E-state index in [9.17, 15) is 4.39 Å². The molecular weight excluding hydrogens is 223 g/mol. The van der Waals surface area contributed by atoms with Crippen molar-refractivity contribution < 1.29 is 4.39 Å². The molecule has 0 aliphatic heterocycles. The van der Waals surface area contributed by atoms with Crippen molar-refractivity contribution in [2.45, 2.75) is 13.5 Å². The fourth-order valence-electron chi connectivity index (χ4n) is 1.44. The Morgan fingerprint density at radius 3 is 2.94 bits per heavy atom. The molecule has 2 nitrogen and oxygen atoms in total. The van der Waals surface area contributed by atoms with E-state index < -0.39 is 0 Å². The van der Waals surface area contributed by atoms with Crippen LogP contribution in [0, 0.1) is 5.82 Å². The highest BCUT2D eigenvalue weighted by molar-refractivity contribution is 7.06. The minimum atomic E-state index is -0.220. The molecule has 16 heavy (non-hydrogen) atoms. The smallest absolute Gasteiger partial charge is 0.132 e. The predicted octanol–water partition coefficient (Wildman–Crippen LogP) is 3.06. The summed E-state index contributed by atoms with van der Waals surface area (Å²) in [6, 6.07) is 8.65. The van der Waals surface area contributed by atoms with Crippen molar-refractivity contribution in [2.75, 3.05) is 6.54 Å². The van der Waals surface area contributed by atoms with Crippen molar-refractivity contribution in [1.29, 1.82) is 0 Å². The Labute approximate surface area is 98.3 Å². The number of nitrogens with one attached hydrogen (secondary N) is 1. The fraction of sp³-hybridized carbons (Fsp3) is 0.250. The molecule has 0 bridgehead atoms. The Kier molecular flexibility index (Phi) is 3.64. The van der Waals surface area contributed by atoms with Gasteiger partial charge in [0.15, 0.2) is 0 Å². The van der Waals surface area contributed by atoms with E-state index in [1.807, 2.05) is 12.1 Å². The molecule has 0 atom stereocenters. The summed E-state index contributed by atoms with van der Waals surface area (Å²) < 4.78 is 17.7. The van der Waals surface area contributed by atoms with Crippen LogP contribution in [0.5, 0.6) is 0 Å². The van der Waals surface area contributed by atoms with Crippen LogP contribution in [0.25, 0.3) is 11.3 Å². The number of rotatable bonds is 4. The summed E-state index contributed by atoms with van der Waals surface area (Å²) in [5.41, 5.74) is 1.29. The van der Waals surface area contributed by atoms with Crippen LogP contribution in [0.2, 0.25) is 0 Å². The summed E-state index contributed by atoms with van der Waals surface area (Å²) in [6.07, 6.45) is 0. The SMILES string of the molecule is CCNCc1cc(-c2ccccc2F)ns1. The van der Waals surface area contributed by atoms with Gasteiger partial charge in [-0.15, -0.1) is 0 Å². The van der Waals surface area contributed by atoms with Crippen molar-refractivity contribution in [3.8, 4) is 11.3 Å². The molecule has 84 valence electrons. The van der Waals surface area contributed by atoms with Gasteiger partial charge in [-0.3, -0.25) is 0 Å². The number of hydrogen-bond donors (Lipinski definition) is 1. The molecular formula is C12H13FN2S. The highest BCUT2D eigenvalue weighted by atomic mass is 32.1. The van der Waals surface area contributed by atoms with Gasteiger partial charge in [0.1, 0.15) is 5.82 Å². The zero-order valence-electron chi connectivity index (χ0n) is 9.03. The second kappa shape index (κ2) is 5.18. The topological polar surface area (TPSA) is 24.9 Å². The van der Waals surface area contributed by atoms with Gasteiger partial charge in [0, 0.05) is 17.0 Å². The van der Waals surface area contributed by atoms with Gasteiger partial charge >= 0.3 is 0 Å². The van der Waals surface area contributed by atoms with Gasteiger partial charge in [-0.2, -0.15) is 4.37 Å². The van der Waals surface area contributed by atoms with Crippen molar-refractivity contribution in [3.63, 3.8) is 0 Å². The molecule has 4 heteroatoms. The Hall–Kier alpha value is -1.26. The molecule has 0 amide bonds. The second-order valence-corrected chi connectivity index (χ2v) is 4.33. The summed E-state index contributed by atoms with van der Waals surface area (Å²) in [5.74, 6) is -0.220. The molecule has 0 aliphatic rings. The summed E-state index contributed by atoms with van der Waals surface area (Å²) in [7, 11) is 0. The maximum Gasteiger partial charge on any atom is 0.132 e. The van der Waals surface area contributed by atoms with Crippen LogP contribution in [0.4, 0.5) is 4.39 Å². The first-order valence-corrected chi connectivity index (χ1v) is 6.00. The first-order chi connectivity index (χ1) is 7.81. The minimum Gasteiger partial charge on any atom is -0.312 e. The molecule has 0 spiro atoms. The average molecular weight is 236 g/mol. The molecule has 0 saturated carbocycles. The number of halogens is 1. The lowest BCUT2D eigenvalue weighted by molar-refractivity contribution is 0.631. The molecule has 0 unspecified atom stereocenters. The lowest BCUT2D eigenvalue weighted by Crippen LogP contribution is -2.10. The zero-order chi connectivity index (χ0) is 11.4. The molecule has 1 aromatic heterocycles. The van der Waals surface area contributed by atoms with Crippen LogP contribution in [0.3, 0.4) is 0 Å². The van der Waals surface area contributed by atoms with Gasteiger partial charge in [0.05, 0.1) is 5.69 Å². The van der Waals surface area contributed by atoms with E-state index in [1.54, 1.807) is 12.1 Å². The van der Waals surface area contributed by atoms with E-state index in [4.69, 9.17) is 0 Å². The normalized spacial score (nSPS) is 10.6. The van der Waals surface area contributed by atoms with Gasteiger partial charge in [-0.25, -0.2) is 4.39 Å². The molecule has 0 aliphatic carbocycles. The highest BCUT2D eigenvalue weighted by Gasteiger charge is 2.08. The van der Waals surface area contributed by atoms with Crippen LogP contribution < -0.4 is 5.32 Å². The maximum atomic E-state index is 13.5. The van der Waals surface area contributed by atoms with Gasteiger partial charge in [0.2, 0.25) is 0 Å². The van der Waals surface area contributed by atoms with Gasteiger partial charge in [0.25, 0.3) is 0 Å². The van der Waals surface area contributed by atoms with Crippen molar-refractivity contribution in [3.05, 3.63) is 41.0 Å². The number of benzene rings is 1. The summed E-state index contributed by atoms with van der Waals surface area (Å²) >= 11 is 1.41. The van der Waals surface area contributed by atoms with Crippen LogP contribution in [0.15, 0.2) is 30.3 Å². The number of hydrogen-bond acceptors (Lipinski definition) is 3. The molecule has 0 saturated heterocycles. The Bertz CT molecular complexity index is 468. The van der Waals surface area contributed by atoms with Crippen LogP contribution in [-0.2, 0) is 6.54 Å². The maximum absolute atomic E-state index is 13.5. The van der Waals surface area contributed by atoms with E-state index in [-0.39, 0.29) is 5.82 Å². The molecule has 2 rings (SSSR count). The van der Waals surface area contributed by atoms with Gasteiger partial charge in [-0.05, 0) is 36.3 Å².